The van der Waals surface area contributed by atoms with E-state index in [9.17, 15) is 4.79 Å². The summed E-state index contributed by atoms with van der Waals surface area (Å²) in [6.07, 6.45) is 4.62. The van der Waals surface area contributed by atoms with Gasteiger partial charge in [-0.2, -0.15) is 0 Å². The molecule has 1 amide bonds. The molecule has 2 aromatic rings. The van der Waals surface area contributed by atoms with Gasteiger partial charge in [-0.15, -0.1) is 21.5 Å². The van der Waals surface area contributed by atoms with Gasteiger partial charge in [0.15, 0.2) is 0 Å². The first-order valence-electron chi connectivity index (χ1n) is 7.06. The maximum Gasteiger partial charge on any atom is 0.277 e. The summed E-state index contributed by atoms with van der Waals surface area (Å²) in [7, 11) is 0. The predicted octanol–water partition coefficient (Wildman–Crippen LogP) is 3.59. The molecular formula is C14H19N3O2S2. The number of hydrogen-bond acceptors (Lipinski definition) is 6. The molecule has 0 aromatic carbocycles. The minimum absolute atomic E-state index is 0.00683. The highest BCUT2D eigenvalue weighted by atomic mass is 32.2. The maximum absolute atomic E-state index is 11.7. The van der Waals surface area contributed by atoms with Crippen molar-refractivity contribution < 1.29 is 9.21 Å². The van der Waals surface area contributed by atoms with Crippen LogP contribution in [0.1, 0.15) is 32.6 Å². The summed E-state index contributed by atoms with van der Waals surface area (Å²) in [5.41, 5.74) is 0. The topological polar surface area (TPSA) is 68.0 Å². The number of thiophene rings is 1. The molecule has 2 heterocycles. The second-order valence-corrected chi connectivity index (χ2v) is 6.42. The standard InChI is InChI=1S/C14H19N3O2S2/c1-2-3-4-5-8-15-12(18)10-21-14-17-16-13(19-14)11-7-6-9-20-11/h6-7,9H,2-5,8,10H2,1H3,(H,15,18). The summed E-state index contributed by atoms with van der Waals surface area (Å²) in [6, 6.07) is 3.86. The van der Waals surface area contributed by atoms with Crippen LogP contribution in [0.2, 0.25) is 0 Å². The van der Waals surface area contributed by atoms with E-state index in [1.807, 2.05) is 17.5 Å². The van der Waals surface area contributed by atoms with Gasteiger partial charge in [-0.25, -0.2) is 0 Å². The lowest BCUT2D eigenvalue weighted by Crippen LogP contribution is -2.26. The number of carbonyl (C=O) groups excluding carboxylic acids is 1. The second kappa shape index (κ2) is 8.84. The largest absolute Gasteiger partial charge is 0.410 e. The van der Waals surface area contributed by atoms with Crippen molar-refractivity contribution in [1.82, 2.24) is 15.5 Å². The molecule has 0 bridgehead atoms. The molecule has 21 heavy (non-hydrogen) atoms. The van der Waals surface area contributed by atoms with E-state index in [1.165, 1.54) is 24.6 Å². The van der Waals surface area contributed by atoms with Crippen LogP contribution in [0.15, 0.2) is 27.2 Å². The number of hydrogen-bond donors (Lipinski definition) is 1. The van der Waals surface area contributed by atoms with Gasteiger partial charge < -0.3 is 9.73 Å². The monoisotopic (exact) mass is 325 g/mol. The SMILES string of the molecule is CCCCCCNC(=O)CSc1nnc(-c2cccs2)o1. The molecule has 1 N–H and O–H groups in total. The van der Waals surface area contributed by atoms with Crippen molar-refractivity contribution in [3.8, 4) is 10.8 Å². The van der Waals surface area contributed by atoms with Crippen molar-refractivity contribution >= 4 is 29.0 Å². The highest BCUT2D eigenvalue weighted by molar-refractivity contribution is 7.99. The van der Waals surface area contributed by atoms with Crippen LogP contribution in [-0.2, 0) is 4.79 Å². The zero-order chi connectivity index (χ0) is 14.9. The summed E-state index contributed by atoms with van der Waals surface area (Å²) in [4.78, 5) is 12.6. The van der Waals surface area contributed by atoms with Crippen molar-refractivity contribution in [2.24, 2.45) is 0 Å². The van der Waals surface area contributed by atoms with Gasteiger partial charge in [-0.05, 0) is 17.9 Å². The van der Waals surface area contributed by atoms with Gasteiger partial charge in [0.25, 0.3) is 11.1 Å². The van der Waals surface area contributed by atoms with Crippen molar-refractivity contribution in [2.75, 3.05) is 12.3 Å². The first kappa shape index (κ1) is 16.0. The number of nitrogens with zero attached hydrogens (tertiary/aromatic N) is 2. The summed E-state index contributed by atoms with van der Waals surface area (Å²) in [5.74, 6) is 0.819. The Morgan fingerprint density at radius 3 is 3.05 bits per heavy atom. The minimum Gasteiger partial charge on any atom is -0.410 e. The van der Waals surface area contributed by atoms with Crippen LogP contribution in [-0.4, -0.2) is 28.4 Å². The zero-order valence-corrected chi connectivity index (χ0v) is 13.6. The Bertz CT molecular complexity index is 540. The molecule has 0 aliphatic heterocycles. The van der Waals surface area contributed by atoms with Gasteiger partial charge in [0.1, 0.15) is 0 Å². The van der Waals surface area contributed by atoms with Crippen molar-refractivity contribution in [1.29, 1.82) is 0 Å². The molecule has 0 saturated carbocycles. The zero-order valence-electron chi connectivity index (χ0n) is 12.0. The summed E-state index contributed by atoms with van der Waals surface area (Å²) in [5, 5.41) is 13.2. The molecule has 5 nitrogen and oxygen atoms in total. The van der Waals surface area contributed by atoms with Crippen LogP contribution in [0, 0.1) is 0 Å². The third-order valence-electron chi connectivity index (χ3n) is 2.82. The Labute approximate surface area is 132 Å². The number of carbonyl (C=O) groups is 1. The van der Waals surface area contributed by atoms with Gasteiger partial charge in [0.2, 0.25) is 5.91 Å². The Hall–Kier alpha value is -1.34. The van der Waals surface area contributed by atoms with E-state index in [4.69, 9.17) is 4.42 Å². The number of aromatic nitrogens is 2. The van der Waals surface area contributed by atoms with Gasteiger partial charge in [0.05, 0.1) is 10.6 Å². The molecule has 0 unspecified atom stereocenters. The van der Waals surface area contributed by atoms with Crippen LogP contribution >= 0.6 is 23.1 Å². The minimum atomic E-state index is 0.00683. The first-order chi connectivity index (χ1) is 10.3. The molecule has 0 spiro atoms. The molecule has 7 heteroatoms. The average Bonchev–Trinajstić information content (AvgIpc) is 3.15. The first-order valence-corrected chi connectivity index (χ1v) is 8.93. The van der Waals surface area contributed by atoms with E-state index in [2.05, 4.69) is 22.4 Å². The van der Waals surface area contributed by atoms with E-state index in [1.54, 1.807) is 11.3 Å². The molecule has 0 fully saturated rings. The molecule has 0 atom stereocenters. The predicted molar refractivity (Wildman–Crippen MR) is 85.5 cm³/mol. The van der Waals surface area contributed by atoms with Gasteiger partial charge in [-0.3, -0.25) is 4.79 Å². The summed E-state index contributed by atoms with van der Waals surface area (Å²) < 4.78 is 5.51. The van der Waals surface area contributed by atoms with Gasteiger partial charge in [0, 0.05) is 6.54 Å². The Morgan fingerprint density at radius 1 is 1.38 bits per heavy atom. The normalized spacial score (nSPS) is 10.7. The molecule has 114 valence electrons. The lowest BCUT2D eigenvalue weighted by Gasteiger charge is -2.03. The molecule has 0 aliphatic carbocycles. The van der Waals surface area contributed by atoms with E-state index in [-0.39, 0.29) is 5.91 Å². The molecule has 0 aliphatic rings. The Morgan fingerprint density at radius 2 is 2.29 bits per heavy atom. The van der Waals surface area contributed by atoms with Crippen LogP contribution in [0.25, 0.3) is 10.8 Å². The second-order valence-electron chi connectivity index (χ2n) is 4.55. The van der Waals surface area contributed by atoms with E-state index in [0.29, 0.717) is 16.9 Å². The van der Waals surface area contributed by atoms with E-state index >= 15 is 0 Å². The lowest BCUT2D eigenvalue weighted by atomic mass is 10.2. The van der Waals surface area contributed by atoms with Crippen LogP contribution in [0.3, 0.4) is 0 Å². The van der Waals surface area contributed by atoms with Crippen molar-refractivity contribution in [2.45, 2.75) is 37.8 Å². The third kappa shape index (κ3) is 5.51. The van der Waals surface area contributed by atoms with Crippen LogP contribution in [0.4, 0.5) is 0 Å². The Kier molecular flexibility index (Phi) is 6.75. The van der Waals surface area contributed by atoms with Crippen LogP contribution < -0.4 is 5.32 Å². The average molecular weight is 325 g/mol. The molecule has 0 radical (unpaired) electrons. The van der Waals surface area contributed by atoms with Crippen molar-refractivity contribution in [3.05, 3.63) is 17.5 Å². The third-order valence-corrected chi connectivity index (χ3v) is 4.49. The lowest BCUT2D eigenvalue weighted by molar-refractivity contribution is -0.118. The fourth-order valence-electron chi connectivity index (χ4n) is 1.73. The van der Waals surface area contributed by atoms with Crippen LogP contribution in [0.5, 0.6) is 0 Å². The maximum atomic E-state index is 11.7. The fourth-order valence-corrected chi connectivity index (χ4v) is 2.96. The van der Waals surface area contributed by atoms with E-state index < -0.39 is 0 Å². The van der Waals surface area contributed by atoms with E-state index in [0.717, 1.165) is 24.3 Å². The number of thioether (sulfide) groups is 1. The smallest absolute Gasteiger partial charge is 0.277 e. The Balaban J connectivity index is 1.67. The number of rotatable bonds is 9. The molecule has 2 aromatic heterocycles. The molecular weight excluding hydrogens is 306 g/mol. The summed E-state index contributed by atoms with van der Waals surface area (Å²) >= 11 is 2.81. The molecule has 0 saturated heterocycles. The van der Waals surface area contributed by atoms with Gasteiger partial charge >= 0.3 is 0 Å². The quantitative estimate of drug-likeness (QED) is 0.564. The number of nitrogens with one attached hydrogen (secondary N) is 1. The van der Waals surface area contributed by atoms with Crippen molar-refractivity contribution in [3.63, 3.8) is 0 Å². The number of unbranched alkanes of at least 4 members (excludes halogenated alkanes) is 3. The highest BCUT2D eigenvalue weighted by Crippen LogP contribution is 2.26. The highest BCUT2D eigenvalue weighted by Gasteiger charge is 2.11. The summed E-state index contributed by atoms with van der Waals surface area (Å²) in [6.45, 7) is 2.91. The number of amides is 1. The molecule has 2 rings (SSSR count). The fraction of sp³-hybridized carbons (Fsp3) is 0.500. The van der Waals surface area contributed by atoms with Gasteiger partial charge in [-0.1, -0.05) is 44.0 Å².